The van der Waals surface area contributed by atoms with Gasteiger partial charge in [0.25, 0.3) is 0 Å². The predicted octanol–water partition coefficient (Wildman–Crippen LogP) is 5.02. The van der Waals surface area contributed by atoms with Gasteiger partial charge in [0.05, 0.1) is 18.6 Å². The van der Waals surface area contributed by atoms with Gasteiger partial charge in [-0.3, -0.25) is 0 Å². The zero-order chi connectivity index (χ0) is 17.6. The second-order valence-electron chi connectivity index (χ2n) is 5.96. The van der Waals surface area contributed by atoms with Gasteiger partial charge in [-0.25, -0.2) is 9.97 Å². The van der Waals surface area contributed by atoms with Crippen LogP contribution in [-0.4, -0.2) is 9.97 Å². The molecule has 0 amide bonds. The Labute approximate surface area is 156 Å². The number of ether oxygens (including phenoxy) is 1. The first-order valence-electron chi connectivity index (χ1n) is 8.51. The van der Waals surface area contributed by atoms with Gasteiger partial charge in [-0.05, 0) is 28.1 Å². The van der Waals surface area contributed by atoms with Gasteiger partial charge >= 0.3 is 0 Å². The van der Waals surface area contributed by atoms with E-state index >= 15 is 0 Å². The standard InChI is InChI=1S/C21H19N3OS/c1-2-6-16(7-3-1)13-25-14-18-9-5-4-8-17(18)12-22-20-19-10-11-26-21(19)24-15-23-20/h1-11,15H,12-14H2,(H,22,23,24). The molecule has 2 heterocycles. The molecule has 1 N–H and O–H groups in total. The fourth-order valence-corrected chi connectivity index (χ4v) is 3.57. The van der Waals surface area contributed by atoms with Gasteiger partial charge in [0.2, 0.25) is 0 Å². The lowest BCUT2D eigenvalue weighted by atomic mass is 10.1. The molecule has 0 saturated carbocycles. The van der Waals surface area contributed by atoms with Crippen LogP contribution in [0.2, 0.25) is 0 Å². The highest BCUT2D eigenvalue weighted by atomic mass is 32.1. The maximum atomic E-state index is 5.90. The third-order valence-corrected chi connectivity index (χ3v) is 5.02. The molecule has 4 nitrogen and oxygen atoms in total. The fraction of sp³-hybridized carbons (Fsp3) is 0.143. The molecular formula is C21H19N3OS. The highest BCUT2D eigenvalue weighted by Gasteiger charge is 2.06. The Morgan fingerprint density at radius 3 is 2.54 bits per heavy atom. The molecule has 0 fully saturated rings. The second kappa shape index (κ2) is 8.08. The molecule has 0 aliphatic rings. The quantitative estimate of drug-likeness (QED) is 0.502. The molecular weight excluding hydrogens is 342 g/mol. The van der Waals surface area contributed by atoms with Crippen molar-refractivity contribution in [3.05, 3.63) is 89.1 Å². The van der Waals surface area contributed by atoms with Crippen molar-refractivity contribution in [3.8, 4) is 0 Å². The monoisotopic (exact) mass is 361 g/mol. The number of benzene rings is 2. The maximum absolute atomic E-state index is 5.90. The van der Waals surface area contributed by atoms with Gasteiger partial charge < -0.3 is 10.1 Å². The zero-order valence-corrected chi connectivity index (χ0v) is 15.1. The average Bonchev–Trinajstić information content (AvgIpc) is 3.17. The summed E-state index contributed by atoms with van der Waals surface area (Å²) in [4.78, 5) is 9.67. The lowest BCUT2D eigenvalue weighted by molar-refractivity contribution is 0.106. The van der Waals surface area contributed by atoms with Crippen molar-refractivity contribution in [1.29, 1.82) is 0 Å². The van der Waals surface area contributed by atoms with Crippen molar-refractivity contribution in [2.75, 3.05) is 5.32 Å². The van der Waals surface area contributed by atoms with Gasteiger partial charge in [0, 0.05) is 6.54 Å². The molecule has 0 atom stereocenters. The number of nitrogens with zero attached hydrogens (tertiary/aromatic N) is 2. The van der Waals surface area contributed by atoms with E-state index in [-0.39, 0.29) is 0 Å². The van der Waals surface area contributed by atoms with E-state index in [9.17, 15) is 0 Å². The molecule has 0 saturated heterocycles. The largest absolute Gasteiger partial charge is 0.372 e. The lowest BCUT2D eigenvalue weighted by Gasteiger charge is -2.12. The molecule has 0 aliphatic heterocycles. The van der Waals surface area contributed by atoms with Gasteiger partial charge in [-0.2, -0.15) is 0 Å². The minimum absolute atomic E-state index is 0.588. The summed E-state index contributed by atoms with van der Waals surface area (Å²) in [5.41, 5.74) is 3.58. The first kappa shape index (κ1) is 16.7. The Morgan fingerprint density at radius 2 is 1.65 bits per heavy atom. The number of rotatable bonds is 7. The number of hydrogen-bond donors (Lipinski definition) is 1. The van der Waals surface area contributed by atoms with Gasteiger partial charge in [-0.1, -0.05) is 54.6 Å². The predicted molar refractivity (Wildman–Crippen MR) is 106 cm³/mol. The van der Waals surface area contributed by atoms with Crippen molar-refractivity contribution in [1.82, 2.24) is 9.97 Å². The summed E-state index contributed by atoms with van der Waals surface area (Å²) in [6, 6.07) is 20.6. The van der Waals surface area contributed by atoms with Crippen molar-refractivity contribution in [2.24, 2.45) is 0 Å². The average molecular weight is 361 g/mol. The van der Waals surface area contributed by atoms with Crippen LogP contribution in [0.5, 0.6) is 0 Å². The Bertz CT molecular complexity index is 985. The smallest absolute Gasteiger partial charge is 0.138 e. The number of aromatic nitrogens is 2. The summed E-state index contributed by atoms with van der Waals surface area (Å²) in [6.07, 6.45) is 1.61. The van der Waals surface area contributed by atoms with Gasteiger partial charge in [0.15, 0.2) is 0 Å². The minimum atomic E-state index is 0.588. The van der Waals surface area contributed by atoms with Crippen LogP contribution in [0.25, 0.3) is 10.2 Å². The molecule has 0 radical (unpaired) electrons. The molecule has 5 heteroatoms. The molecule has 4 aromatic rings. The number of fused-ring (bicyclic) bond motifs is 1. The molecule has 0 spiro atoms. The van der Waals surface area contributed by atoms with Crippen LogP contribution in [0, 0.1) is 0 Å². The van der Waals surface area contributed by atoms with E-state index < -0.39 is 0 Å². The van der Waals surface area contributed by atoms with E-state index in [0.29, 0.717) is 19.8 Å². The van der Waals surface area contributed by atoms with Crippen LogP contribution in [0.1, 0.15) is 16.7 Å². The Hall–Kier alpha value is -2.76. The van der Waals surface area contributed by atoms with Crippen LogP contribution in [-0.2, 0) is 24.5 Å². The Balaban J connectivity index is 1.41. The maximum Gasteiger partial charge on any atom is 0.138 e. The normalized spacial score (nSPS) is 10.9. The molecule has 0 aliphatic carbocycles. The van der Waals surface area contributed by atoms with E-state index in [1.165, 1.54) is 16.7 Å². The zero-order valence-electron chi connectivity index (χ0n) is 14.3. The number of anilines is 1. The van der Waals surface area contributed by atoms with E-state index in [2.05, 4.69) is 51.7 Å². The summed E-state index contributed by atoms with van der Waals surface area (Å²) < 4.78 is 5.90. The summed E-state index contributed by atoms with van der Waals surface area (Å²) in [5, 5.41) is 6.54. The second-order valence-corrected chi connectivity index (χ2v) is 6.86. The minimum Gasteiger partial charge on any atom is -0.372 e. The van der Waals surface area contributed by atoms with Crippen LogP contribution < -0.4 is 5.32 Å². The lowest BCUT2D eigenvalue weighted by Crippen LogP contribution is -2.06. The van der Waals surface area contributed by atoms with Crippen molar-refractivity contribution >= 4 is 27.4 Å². The van der Waals surface area contributed by atoms with Crippen LogP contribution in [0.3, 0.4) is 0 Å². The molecule has 130 valence electrons. The Kier molecular flexibility index (Phi) is 5.19. The molecule has 2 aromatic carbocycles. The van der Waals surface area contributed by atoms with Crippen molar-refractivity contribution < 1.29 is 4.74 Å². The van der Waals surface area contributed by atoms with Crippen molar-refractivity contribution in [3.63, 3.8) is 0 Å². The van der Waals surface area contributed by atoms with Crippen LogP contribution >= 0.6 is 11.3 Å². The van der Waals surface area contributed by atoms with E-state index in [1.807, 2.05) is 29.6 Å². The highest BCUT2D eigenvalue weighted by molar-refractivity contribution is 7.16. The third-order valence-electron chi connectivity index (χ3n) is 4.20. The van der Waals surface area contributed by atoms with Crippen LogP contribution in [0.15, 0.2) is 72.4 Å². The van der Waals surface area contributed by atoms with Crippen molar-refractivity contribution in [2.45, 2.75) is 19.8 Å². The van der Waals surface area contributed by atoms with E-state index in [0.717, 1.165) is 16.0 Å². The molecule has 0 bridgehead atoms. The van der Waals surface area contributed by atoms with Gasteiger partial charge in [0.1, 0.15) is 17.0 Å². The topological polar surface area (TPSA) is 47.0 Å². The fourth-order valence-electron chi connectivity index (χ4n) is 2.83. The summed E-state index contributed by atoms with van der Waals surface area (Å²) >= 11 is 1.62. The summed E-state index contributed by atoms with van der Waals surface area (Å²) in [6.45, 7) is 1.90. The number of nitrogens with one attached hydrogen (secondary N) is 1. The number of hydrogen-bond acceptors (Lipinski definition) is 5. The first-order chi connectivity index (χ1) is 12.9. The first-order valence-corrected chi connectivity index (χ1v) is 9.38. The SMILES string of the molecule is c1ccc(COCc2ccccc2CNc2ncnc3sccc23)cc1. The number of thiophene rings is 1. The summed E-state index contributed by atoms with van der Waals surface area (Å²) in [7, 11) is 0. The molecule has 4 rings (SSSR count). The Morgan fingerprint density at radius 1 is 0.846 bits per heavy atom. The molecule has 26 heavy (non-hydrogen) atoms. The van der Waals surface area contributed by atoms with E-state index in [4.69, 9.17) is 4.74 Å². The summed E-state index contributed by atoms with van der Waals surface area (Å²) in [5.74, 6) is 0.872. The van der Waals surface area contributed by atoms with Crippen LogP contribution in [0.4, 0.5) is 5.82 Å². The molecule has 0 unspecified atom stereocenters. The third kappa shape index (κ3) is 3.90. The highest BCUT2D eigenvalue weighted by Crippen LogP contribution is 2.24. The molecule has 2 aromatic heterocycles. The van der Waals surface area contributed by atoms with E-state index in [1.54, 1.807) is 17.7 Å². The van der Waals surface area contributed by atoms with Gasteiger partial charge in [-0.15, -0.1) is 11.3 Å².